The average Bonchev–Trinajstić information content (AvgIpc) is 3.18. The van der Waals surface area contributed by atoms with Crippen LogP contribution in [-0.4, -0.2) is 47.9 Å². The number of nitriles is 1. The minimum atomic E-state index is -0.180. The molecule has 4 nitrogen and oxygen atoms in total. The Morgan fingerprint density at radius 1 is 1.44 bits per heavy atom. The Morgan fingerprint density at radius 2 is 2.06 bits per heavy atom. The highest BCUT2D eigenvalue weighted by atomic mass is 16.2. The zero-order valence-corrected chi connectivity index (χ0v) is 11.5. The predicted octanol–water partition coefficient (Wildman–Crippen LogP) is 1.62. The highest BCUT2D eigenvalue weighted by Crippen LogP contribution is 2.30. The van der Waals surface area contributed by atoms with Gasteiger partial charge in [-0.2, -0.15) is 5.26 Å². The number of rotatable bonds is 4. The monoisotopic (exact) mass is 249 g/mol. The molecule has 100 valence electrons. The van der Waals surface area contributed by atoms with Crippen molar-refractivity contribution in [2.24, 2.45) is 5.41 Å². The quantitative estimate of drug-likeness (QED) is 0.760. The summed E-state index contributed by atoms with van der Waals surface area (Å²) in [5.41, 5.74) is -0.180. The summed E-state index contributed by atoms with van der Waals surface area (Å²) in [7, 11) is 0. The molecule has 1 saturated carbocycles. The summed E-state index contributed by atoms with van der Waals surface area (Å²) in [5.74, 6) is 0.264. The van der Waals surface area contributed by atoms with Gasteiger partial charge in [0.05, 0.1) is 18.0 Å². The summed E-state index contributed by atoms with van der Waals surface area (Å²) in [6, 6.07) is 2.91. The fourth-order valence-corrected chi connectivity index (χ4v) is 2.62. The number of piperidine rings is 1. The molecule has 0 N–H and O–H groups in total. The van der Waals surface area contributed by atoms with Crippen LogP contribution >= 0.6 is 0 Å². The number of nitrogens with zero attached hydrogens (tertiary/aromatic N) is 3. The van der Waals surface area contributed by atoms with Gasteiger partial charge in [-0.25, -0.2) is 0 Å². The third-order valence-corrected chi connectivity index (χ3v) is 4.24. The van der Waals surface area contributed by atoms with Gasteiger partial charge in [-0.05, 0) is 39.5 Å². The van der Waals surface area contributed by atoms with E-state index in [1.165, 1.54) is 12.8 Å². The van der Waals surface area contributed by atoms with Crippen molar-refractivity contribution >= 4 is 5.91 Å². The van der Waals surface area contributed by atoms with Crippen LogP contribution in [-0.2, 0) is 4.79 Å². The molecule has 0 aromatic heterocycles. The molecule has 1 aliphatic carbocycles. The van der Waals surface area contributed by atoms with Gasteiger partial charge < -0.3 is 4.90 Å². The Kier molecular flexibility index (Phi) is 3.91. The molecule has 2 aliphatic rings. The molecule has 0 aromatic rings. The highest BCUT2D eigenvalue weighted by molar-refractivity contribution is 5.78. The Morgan fingerprint density at radius 3 is 2.50 bits per heavy atom. The van der Waals surface area contributed by atoms with Gasteiger partial charge in [0.25, 0.3) is 0 Å². The van der Waals surface area contributed by atoms with Crippen LogP contribution in [0.1, 0.15) is 39.5 Å². The van der Waals surface area contributed by atoms with E-state index in [0.29, 0.717) is 12.6 Å². The molecular formula is C14H23N3O. The molecule has 1 saturated heterocycles. The number of carbonyl (C=O) groups excluding carboxylic acids is 1. The summed E-state index contributed by atoms with van der Waals surface area (Å²) in [5, 5.41) is 9.08. The first-order chi connectivity index (χ1) is 8.58. The van der Waals surface area contributed by atoms with Crippen molar-refractivity contribution in [2.75, 3.05) is 26.2 Å². The fraction of sp³-hybridized carbons (Fsp3) is 0.857. The van der Waals surface area contributed by atoms with Crippen molar-refractivity contribution in [1.82, 2.24) is 9.80 Å². The fourth-order valence-electron chi connectivity index (χ4n) is 2.62. The zero-order chi connectivity index (χ0) is 13.2. The van der Waals surface area contributed by atoms with E-state index in [1.807, 2.05) is 11.8 Å². The van der Waals surface area contributed by atoms with E-state index in [9.17, 15) is 4.79 Å². The van der Waals surface area contributed by atoms with E-state index >= 15 is 0 Å². The second kappa shape index (κ2) is 5.27. The summed E-state index contributed by atoms with van der Waals surface area (Å²) in [6.45, 7) is 7.18. The standard InChI is InChI=1S/C14H23N3O/c1-3-17(12-4-5-12)13(18)10-16-8-6-14(2,11-15)7-9-16/h12H,3-10H2,1-2H3. The minimum absolute atomic E-state index is 0.180. The third kappa shape index (κ3) is 3.02. The van der Waals surface area contributed by atoms with Crippen molar-refractivity contribution in [1.29, 1.82) is 5.26 Å². The van der Waals surface area contributed by atoms with E-state index in [1.54, 1.807) is 0 Å². The molecule has 0 atom stereocenters. The van der Waals surface area contributed by atoms with E-state index in [0.717, 1.165) is 32.5 Å². The van der Waals surface area contributed by atoms with E-state index < -0.39 is 0 Å². The Bertz CT molecular complexity index is 349. The van der Waals surface area contributed by atoms with Gasteiger partial charge in [0.15, 0.2) is 0 Å². The Hall–Kier alpha value is -1.08. The number of hydrogen-bond donors (Lipinski definition) is 0. The normalized spacial score (nSPS) is 23.4. The lowest BCUT2D eigenvalue weighted by Crippen LogP contribution is -2.45. The molecule has 0 aromatic carbocycles. The summed E-state index contributed by atoms with van der Waals surface area (Å²) in [6.07, 6.45) is 4.11. The molecule has 0 spiro atoms. The number of amides is 1. The van der Waals surface area contributed by atoms with Gasteiger partial charge in [0.1, 0.15) is 0 Å². The zero-order valence-electron chi connectivity index (χ0n) is 11.5. The largest absolute Gasteiger partial charge is 0.339 e. The molecule has 0 unspecified atom stereocenters. The third-order valence-electron chi connectivity index (χ3n) is 4.24. The highest BCUT2D eigenvalue weighted by Gasteiger charge is 2.34. The maximum atomic E-state index is 12.2. The Labute approximate surface area is 110 Å². The van der Waals surface area contributed by atoms with Crippen LogP contribution in [0.15, 0.2) is 0 Å². The summed E-state index contributed by atoms with van der Waals surface area (Å²) >= 11 is 0. The lowest BCUT2D eigenvalue weighted by molar-refractivity contribution is -0.133. The van der Waals surface area contributed by atoms with Crippen LogP contribution in [0.4, 0.5) is 0 Å². The SMILES string of the molecule is CCN(C(=O)CN1CCC(C)(C#N)CC1)C1CC1. The second-order valence-corrected chi connectivity index (χ2v) is 5.86. The number of likely N-dealkylation sites (tertiary alicyclic amines) is 1. The molecule has 0 radical (unpaired) electrons. The van der Waals surface area contributed by atoms with Gasteiger partial charge >= 0.3 is 0 Å². The molecule has 0 bridgehead atoms. The molecule has 2 rings (SSSR count). The molecule has 1 heterocycles. The van der Waals surface area contributed by atoms with Gasteiger partial charge in [-0.15, -0.1) is 0 Å². The van der Waals surface area contributed by atoms with Crippen LogP contribution < -0.4 is 0 Å². The van der Waals surface area contributed by atoms with Crippen molar-refractivity contribution in [3.05, 3.63) is 0 Å². The van der Waals surface area contributed by atoms with Gasteiger partial charge in [0.2, 0.25) is 5.91 Å². The van der Waals surface area contributed by atoms with Gasteiger partial charge in [-0.1, -0.05) is 0 Å². The predicted molar refractivity (Wildman–Crippen MR) is 69.8 cm³/mol. The summed E-state index contributed by atoms with van der Waals surface area (Å²) in [4.78, 5) is 16.4. The van der Waals surface area contributed by atoms with Crippen LogP contribution in [0, 0.1) is 16.7 Å². The maximum absolute atomic E-state index is 12.2. The number of carbonyl (C=O) groups is 1. The van der Waals surface area contributed by atoms with Crippen LogP contribution in [0.2, 0.25) is 0 Å². The first-order valence-electron chi connectivity index (χ1n) is 7.01. The maximum Gasteiger partial charge on any atom is 0.236 e. The Balaban J connectivity index is 1.81. The second-order valence-electron chi connectivity index (χ2n) is 5.86. The van der Waals surface area contributed by atoms with Crippen molar-refractivity contribution in [3.8, 4) is 6.07 Å². The van der Waals surface area contributed by atoms with Gasteiger partial charge in [0, 0.05) is 25.7 Å². The average molecular weight is 249 g/mol. The minimum Gasteiger partial charge on any atom is -0.339 e. The van der Waals surface area contributed by atoms with Crippen LogP contribution in [0.25, 0.3) is 0 Å². The van der Waals surface area contributed by atoms with Crippen LogP contribution in [0.3, 0.4) is 0 Å². The molecule has 18 heavy (non-hydrogen) atoms. The van der Waals surface area contributed by atoms with Crippen molar-refractivity contribution in [2.45, 2.75) is 45.6 Å². The topological polar surface area (TPSA) is 47.3 Å². The smallest absolute Gasteiger partial charge is 0.236 e. The van der Waals surface area contributed by atoms with Gasteiger partial charge in [-0.3, -0.25) is 9.69 Å². The van der Waals surface area contributed by atoms with Crippen molar-refractivity contribution in [3.63, 3.8) is 0 Å². The molecule has 4 heteroatoms. The van der Waals surface area contributed by atoms with E-state index in [-0.39, 0.29) is 11.3 Å². The van der Waals surface area contributed by atoms with Crippen LogP contribution in [0.5, 0.6) is 0 Å². The van der Waals surface area contributed by atoms with Crippen molar-refractivity contribution < 1.29 is 4.79 Å². The van der Waals surface area contributed by atoms with E-state index in [4.69, 9.17) is 5.26 Å². The molecular weight excluding hydrogens is 226 g/mol. The number of likely N-dealkylation sites (N-methyl/N-ethyl adjacent to an activating group) is 1. The van der Waals surface area contributed by atoms with E-state index in [2.05, 4.69) is 17.9 Å². The molecule has 1 aliphatic heterocycles. The summed E-state index contributed by atoms with van der Waals surface area (Å²) < 4.78 is 0. The lowest BCUT2D eigenvalue weighted by atomic mass is 9.82. The molecule has 2 fully saturated rings. The number of hydrogen-bond acceptors (Lipinski definition) is 3. The lowest BCUT2D eigenvalue weighted by Gasteiger charge is -2.35. The first-order valence-corrected chi connectivity index (χ1v) is 7.01. The first kappa shape index (κ1) is 13.4. The molecule has 1 amide bonds.